The van der Waals surface area contributed by atoms with Crippen LogP contribution in [0.2, 0.25) is 0 Å². The normalized spacial score (nSPS) is 18.6. The van der Waals surface area contributed by atoms with Crippen LogP contribution in [-0.2, 0) is 9.84 Å². The van der Waals surface area contributed by atoms with E-state index in [4.69, 9.17) is 4.74 Å². The van der Waals surface area contributed by atoms with E-state index in [1.54, 1.807) is 40.0 Å². The summed E-state index contributed by atoms with van der Waals surface area (Å²) in [5.74, 6) is -1.85. The second-order valence-corrected chi connectivity index (χ2v) is 11.8. The number of alkyl halides is 2. The molecular weight excluding hydrogens is 486 g/mol. The quantitative estimate of drug-likeness (QED) is 0.368. The van der Waals surface area contributed by atoms with Crippen LogP contribution >= 0.6 is 0 Å². The molecule has 0 atom stereocenters. The highest BCUT2D eigenvalue weighted by Crippen LogP contribution is 2.43. The van der Waals surface area contributed by atoms with Gasteiger partial charge in [0, 0.05) is 36.3 Å². The number of halogens is 2. The summed E-state index contributed by atoms with van der Waals surface area (Å²) in [5, 5.41) is 4.42. The van der Waals surface area contributed by atoms with Crippen LogP contribution in [-0.4, -0.2) is 65.3 Å². The fourth-order valence-electron chi connectivity index (χ4n) is 4.65. The molecular formula is C26H24F2N4O3S. The zero-order valence-electron chi connectivity index (χ0n) is 19.6. The molecule has 2 aliphatic rings. The molecule has 3 heterocycles. The molecule has 2 aromatic heterocycles. The van der Waals surface area contributed by atoms with E-state index in [1.807, 2.05) is 36.5 Å². The maximum atomic E-state index is 13.1. The van der Waals surface area contributed by atoms with Crippen molar-refractivity contribution < 1.29 is 21.9 Å². The van der Waals surface area contributed by atoms with Crippen molar-refractivity contribution in [1.82, 2.24) is 19.5 Å². The minimum Gasteiger partial charge on any atom is -0.486 e. The maximum Gasteiger partial charge on any atom is 0.272 e. The predicted molar refractivity (Wildman–Crippen MR) is 131 cm³/mol. The van der Waals surface area contributed by atoms with Gasteiger partial charge in [0.1, 0.15) is 11.4 Å². The molecule has 0 radical (unpaired) electrons. The van der Waals surface area contributed by atoms with Crippen molar-refractivity contribution in [2.75, 3.05) is 25.9 Å². The van der Waals surface area contributed by atoms with Crippen molar-refractivity contribution >= 4 is 15.5 Å². The fraction of sp³-hybridized carbons (Fsp3) is 0.308. The van der Waals surface area contributed by atoms with Gasteiger partial charge in [0.15, 0.2) is 15.5 Å². The van der Waals surface area contributed by atoms with Crippen molar-refractivity contribution in [2.24, 2.45) is 0 Å². The van der Waals surface area contributed by atoms with Crippen molar-refractivity contribution in [1.29, 1.82) is 0 Å². The van der Waals surface area contributed by atoms with Gasteiger partial charge in [-0.15, -0.1) is 0 Å². The lowest BCUT2D eigenvalue weighted by molar-refractivity contribution is -0.139. The van der Waals surface area contributed by atoms with Gasteiger partial charge in [-0.05, 0) is 48.2 Å². The summed E-state index contributed by atoms with van der Waals surface area (Å²) < 4.78 is 58.0. The number of rotatable bonds is 7. The Morgan fingerprint density at radius 3 is 2.42 bits per heavy atom. The first kappa shape index (κ1) is 23.1. The zero-order valence-corrected chi connectivity index (χ0v) is 20.4. The largest absolute Gasteiger partial charge is 0.486 e. The molecule has 186 valence electrons. The average Bonchev–Trinajstić information content (AvgIpc) is 3.43. The van der Waals surface area contributed by atoms with Crippen LogP contribution in [0, 0.1) is 0 Å². The number of hydrogen-bond donors (Lipinski definition) is 0. The number of benzene rings is 2. The van der Waals surface area contributed by atoms with E-state index < -0.39 is 15.8 Å². The average molecular weight is 511 g/mol. The molecule has 7 nitrogen and oxygen atoms in total. The monoisotopic (exact) mass is 510 g/mol. The summed E-state index contributed by atoms with van der Waals surface area (Å²) in [5.41, 5.74) is 3.52. The number of hydrogen-bond acceptors (Lipinski definition) is 6. The SMILES string of the molecule is CS(=O)(=O)c1cccc(-c2cnn3cc(-c4ccc(OC5(CN6CC(F)(F)C6)CC5)cc4)cnc23)c1. The van der Waals surface area contributed by atoms with Gasteiger partial charge >= 0.3 is 0 Å². The highest BCUT2D eigenvalue weighted by molar-refractivity contribution is 7.90. The molecule has 36 heavy (non-hydrogen) atoms. The summed E-state index contributed by atoms with van der Waals surface area (Å²) in [7, 11) is -3.32. The van der Waals surface area contributed by atoms with Crippen LogP contribution in [0.3, 0.4) is 0 Å². The summed E-state index contributed by atoms with van der Waals surface area (Å²) >= 11 is 0. The lowest BCUT2D eigenvalue weighted by Gasteiger charge is -2.40. The Balaban J connectivity index is 1.19. The number of nitrogens with zero attached hydrogens (tertiary/aromatic N) is 4. The van der Waals surface area contributed by atoms with E-state index in [-0.39, 0.29) is 23.6 Å². The lowest BCUT2D eigenvalue weighted by Crippen LogP contribution is -2.58. The number of likely N-dealkylation sites (tertiary alicyclic amines) is 1. The summed E-state index contributed by atoms with van der Waals surface area (Å²) in [4.78, 5) is 6.58. The van der Waals surface area contributed by atoms with Crippen LogP contribution in [0.1, 0.15) is 12.8 Å². The topological polar surface area (TPSA) is 76.8 Å². The molecule has 0 spiro atoms. The minimum absolute atomic E-state index is 0.190. The zero-order chi connectivity index (χ0) is 25.1. The van der Waals surface area contributed by atoms with E-state index in [1.165, 1.54) is 6.26 Å². The van der Waals surface area contributed by atoms with Crippen LogP contribution < -0.4 is 4.74 Å². The van der Waals surface area contributed by atoms with Gasteiger partial charge in [0.2, 0.25) is 0 Å². The van der Waals surface area contributed by atoms with Gasteiger partial charge in [0.25, 0.3) is 5.92 Å². The fourth-order valence-corrected chi connectivity index (χ4v) is 5.31. The van der Waals surface area contributed by atoms with Gasteiger partial charge < -0.3 is 4.74 Å². The molecule has 1 saturated carbocycles. The van der Waals surface area contributed by atoms with E-state index in [0.717, 1.165) is 35.1 Å². The molecule has 0 N–H and O–H groups in total. The summed E-state index contributed by atoms with van der Waals surface area (Å²) in [6.07, 6.45) is 8.21. The van der Waals surface area contributed by atoms with Gasteiger partial charge in [-0.3, -0.25) is 4.90 Å². The molecule has 10 heteroatoms. The molecule has 1 aliphatic heterocycles. The van der Waals surface area contributed by atoms with E-state index in [9.17, 15) is 17.2 Å². The molecule has 0 unspecified atom stereocenters. The molecule has 1 saturated heterocycles. The third kappa shape index (κ3) is 4.46. The van der Waals surface area contributed by atoms with Crippen LogP contribution in [0.25, 0.3) is 27.9 Å². The Bertz CT molecular complexity index is 1560. The van der Waals surface area contributed by atoms with Crippen LogP contribution in [0.5, 0.6) is 5.75 Å². The van der Waals surface area contributed by atoms with Crippen LogP contribution in [0.15, 0.2) is 72.0 Å². The lowest BCUT2D eigenvalue weighted by atomic mass is 10.1. The van der Waals surface area contributed by atoms with Crippen LogP contribution in [0.4, 0.5) is 8.78 Å². The van der Waals surface area contributed by atoms with Gasteiger partial charge in [-0.2, -0.15) is 5.10 Å². The maximum absolute atomic E-state index is 13.1. The van der Waals surface area contributed by atoms with Gasteiger partial charge in [-0.1, -0.05) is 24.3 Å². The highest BCUT2D eigenvalue weighted by Gasteiger charge is 2.52. The predicted octanol–water partition coefficient (Wildman–Crippen LogP) is 4.33. The Morgan fingerprint density at radius 1 is 1.00 bits per heavy atom. The van der Waals surface area contributed by atoms with Crippen molar-refractivity contribution in [2.45, 2.75) is 29.3 Å². The molecule has 0 amide bonds. The Kier molecular flexibility index (Phi) is 5.17. The molecule has 4 aromatic rings. The summed E-state index contributed by atoms with van der Waals surface area (Å²) in [6.45, 7) is 0.148. The molecule has 6 rings (SSSR count). The van der Waals surface area contributed by atoms with Gasteiger partial charge in [0.05, 0.1) is 24.2 Å². The number of ether oxygens (including phenoxy) is 1. The third-order valence-corrected chi connectivity index (χ3v) is 7.79. The highest BCUT2D eigenvalue weighted by atomic mass is 32.2. The molecule has 2 fully saturated rings. The number of aromatic nitrogens is 3. The Hall–Kier alpha value is -3.37. The first-order chi connectivity index (χ1) is 17.1. The summed E-state index contributed by atoms with van der Waals surface area (Å²) in [6, 6.07) is 14.4. The Labute approximate surface area is 207 Å². The molecule has 2 aromatic carbocycles. The smallest absolute Gasteiger partial charge is 0.272 e. The van der Waals surface area contributed by atoms with E-state index in [0.29, 0.717) is 17.9 Å². The van der Waals surface area contributed by atoms with Gasteiger partial charge in [-0.25, -0.2) is 26.7 Å². The van der Waals surface area contributed by atoms with E-state index in [2.05, 4.69) is 10.1 Å². The second-order valence-electron chi connectivity index (χ2n) is 9.78. The second kappa shape index (κ2) is 8.07. The number of fused-ring (bicyclic) bond motifs is 1. The first-order valence-corrected chi connectivity index (χ1v) is 13.5. The van der Waals surface area contributed by atoms with E-state index >= 15 is 0 Å². The Morgan fingerprint density at radius 2 is 1.75 bits per heavy atom. The van der Waals surface area contributed by atoms with Crippen molar-refractivity contribution in [3.63, 3.8) is 0 Å². The van der Waals surface area contributed by atoms with Crippen molar-refractivity contribution in [3.8, 4) is 28.0 Å². The number of sulfone groups is 1. The molecule has 1 aliphatic carbocycles. The minimum atomic E-state index is -3.32. The first-order valence-electron chi connectivity index (χ1n) is 11.6. The standard InChI is InChI=1S/C26H24F2N4O3S/c1-36(33,34)22-4-2-3-19(11-22)23-13-30-32-14-20(12-29-24(23)32)18-5-7-21(8-6-18)35-25(9-10-25)15-31-16-26(27,28)17-31/h2-8,11-14H,9-10,15-17H2,1H3. The molecule has 0 bridgehead atoms. The van der Waals surface area contributed by atoms with Crippen molar-refractivity contribution in [3.05, 3.63) is 67.1 Å². The third-order valence-electron chi connectivity index (χ3n) is 6.68.